The van der Waals surface area contributed by atoms with Crippen molar-refractivity contribution in [2.24, 2.45) is 28.1 Å². The molecule has 0 aromatic carbocycles. The Morgan fingerprint density at radius 1 is 1.06 bits per heavy atom. The van der Waals surface area contributed by atoms with Crippen LogP contribution in [0, 0.1) is 5.92 Å². The third-order valence-electron chi connectivity index (χ3n) is 5.77. The van der Waals surface area contributed by atoms with Crippen LogP contribution in [0.2, 0.25) is 0 Å². The number of aliphatic imine (C=N–C) groups is 1. The molecule has 1 rings (SSSR count). The Bertz CT molecular complexity index is 795. The van der Waals surface area contributed by atoms with Gasteiger partial charge in [0.25, 0.3) is 0 Å². The van der Waals surface area contributed by atoms with E-state index in [-0.39, 0.29) is 31.3 Å². The summed E-state index contributed by atoms with van der Waals surface area (Å²) in [6.07, 6.45) is 1.76. The van der Waals surface area contributed by atoms with Gasteiger partial charge >= 0.3 is 5.97 Å². The first kappa shape index (κ1) is 29.6. The Morgan fingerprint density at radius 2 is 1.71 bits per heavy atom. The summed E-state index contributed by atoms with van der Waals surface area (Å²) in [5.74, 6) is -4.51. The summed E-state index contributed by atoms with van der Waals surface area (Å²) in [7, 11) is 0. The fraction of sp³-hybridized carbons (Fsp3) is 0.714. The van der Waals surface area contributed by atoms with Crippen LogP contribution in [-0.2, 0) is 24.0 Å². The van der Waals surface area contributed by atoms with Crippen molar-refractivity contribution in [1.29, 1.82) is 0 Å². The SMILES string of the molecule is CCC(C)C(NC(=O)C(CCCN=C(N)N)NC(=O)C(CC(N)=O)NC(=O)C1CCCN1)C(=O)O. The number of nitrogens with one attached hydrogen (secondary N) is 4. The zero-order valence-electron chi connectivity index (χ0n) is 20.2. The van der Waals surface area contributed by atoms with Crippen LogP contribution in [0.5, 0.6) is 0 Å². The molecule has 1 fully saturated rings. The molecule has 0 bridgehead atoms. The Labute approximate surface area is 204 Å². The Kier molecular flexibility index (Phi) is 12.5. The Morgan fingerprint density at radius 3 is 2.23 bits per heavy atom. The molecule has 0 aliphatic carbocycles. The highest BCUT2D eigenvalue weighted by molar-refractivity contribution is 5.96. The van der Waals surface area contributed by atoms with Gasteiger partial charge in [-0.1, -0.05) is 20.3 Å². The largest absolute Gasteiger partial charge is 0.480 e. The summed E-state index contributed by atoms with van der Waals surface area (Å²) in [5, 5.41) is 20.0. The molecule has 11 N–H and O–H groups in total. The summed E-state index contributed by atoms with van der Waals surface area (Å²) in [6.45, 7) is 4.30. The predicted molar refractivity (Wildman–Crippen MR) is 128 cm³/mol. The monoisotopic (exact) mass is 498 g/mol. The van der Waals surface area contributed by atoms with E-state index < -0.39 is 60.2 Å². The molecule has 198 valence electrons. The summed E-state index contributed by atoms with van der Waals surface area (Å²) >= 11 is 0. The van der Waals surface area contributed by atoms with E-state index in [0.717, 1.165) is 6.42 Å². The van der Waals surface area contributed by atoms with E-state index in [1.54, 1.807) is 13.8 Å². The summed E-state index contributed by atoms with van der Waals surface area (Å²) < 4.78 is 0. The van der Waals surface area contributed by atoms with Crippen LogP contribution in [0.1, 0.15) is 52.4 Å². The highest BCUT2D eigenvalue weighted by Crippen LogP contribution is 2.10. The first-order valence-corrected chi connectivity index (χ1v) is 11.7. The molecule has 0 aromatic heterocycles. The molecular formula is C21H38N8O6. The van der Waals surface area contributed by atoms with E-state index in [1.165, 1.54) is 0 Å². The van der Waals surface area contributed by atoms with E-state index in [2.05, 4.69) is 26.3 Å². The molecule has 1 aliphatic rings. The first-order valence-electron chi connectivity index (χ1n) is 11.7. The number of hydrogen-bond acceptors (Lipinski definition) is 7. The van der Waals surface area contributed by atoms with E-state index in [4.69, 9.17) is 17.2 Å². The van der Waals surface area contributed by atoms with E-state index in [1.807, 2.05) is 0 Å². The molecule has 0 radical (unpaired) electrons. The third kappa shape index (κ3) is 10.6. The average molecular weight is 499 g/mol. The zero-order valence-corrected chi connectivity index (χ0v) is 20.2. The molecule has 1 saturated heterocycles. The Hall–Kier alpha value is -3.42. The molecule has 14 nitrogen and oxygen atoms in total. The maximum atomic E-state index is 13.0. The van der Waals surface area contributed by atoms with Gasteiger partial charge in [-0.25, -0.2) is 4.79 Å². The second-order valence-electron chi connectivity index (χ2n) is 8.60. The van der Waals surface area contributed by atoms with Gasteiger partial charge in [-0.15, -0.1) is 0 Å². The molecule has 0 aromatic rings. The minimum Gasteiger partial charge on any atom is -0.480 e. The van der Waals surface area contributed by atoms with Crippen LogP contribution in [0.3, 0.4) is 0 Å². The lowest BCUT2D eigenvalue weighted by Gasteiger charge is -2.26. The fourth-order valence-corrected chi connectivity index (χ4v) is 3.57. The predicted octanol–water partition coefficient (Wildman–Crippen LogP) is -2.75. The molecule has 1 aliphatic heterocycles. The van der Waals surface area contributed by atoms with Crippen LogP contribution in [0.4, 0.5) is 0 Å². The van der Waals surface area contributed by atoms with Gasteiger partial charge in [-0.3, -0.25) is 24.2 Å². The van der Waals surface area contributed by atoms with Crippen molar-refractivity contribution in [3.63, 3.8) is 0 Å². The molecular weight excluding hydrogens is 460 g/mol. The molecule has 35 heavy (non-hydrogen) atoms. The van der Waals surface area contributed by atoms with Crippen LogP contribution < -0.4 is 38.5 Å². The molecule has 5 unspecified atom stereocenters. The standard InChI is InChI=1S/C21H38N8O6/c1-3-11(2)16(20(34)35)29-18(32)13(7-5-9-26-21(23)24)27-19(33)14(10-15(22)30)28-17(31)12-6-4-8-25-12/h11-14,16,25H,3-10H2,1-2H3,(H2,22,30)(H,27,33)(H,28,31)(H,29,32)(H,34,35)(H4,23,24,26). The quantitative estimate of drug-likeness (QED) is 0.0661. The number of hydrogen-bond donors (Lipinski definition) is 8. The van der Waals surface area contributed by atoms with Crippen molar-refractivity contribution in [2.75, 3.05) is 13.1 Å². The van der Waals surface area contributed by atoms with Crippen molar-refractivity contribution in [1.82, 2.24) is 21.3 Å². The normalized spacial score (nSPS) is 18.4. The number of primary amides is 1. The highest BCUT2D eigenvalue weighted by Gasteiger charge is 2.33. The number of carboxylic acid groups (broad SMARTS) is 1. The van der Waals surface area contributed by atoms with Crippen molar-refractivity contribution in [2.45, 2.75) is 76.5 Å². The second kappa shape index (κ2) is 14.8. The van der Waals surface area contributed by atoms with Crippen molar-refractivity contribution < 1.29 is 29.1 Å². The lowest BCUT2D eigenvalue weighted by molar-refractivity contribution is -0.144. The number of amides is 4. The lowest BCUT2D eigenvalue weighted by Crippen LogP contribution is -2.58. The number of rotatable bonds is 15. The summed E-state index contributed by atoms with van der Waals surface area (Å²) in [4.78, 5) is 65.4. The molecule has 14 heteroatoms. The molecule has 0 spiro atoms. The number of nitrogens with zero attached hydrogens (tertiary/aromatic N) is 1. The highest BCUT2D eigenvalue weighted by atomic mass is 16.4. The summed E-state index contributed by atoms with van der Waals surface area (Å²) in [5.41, 5.74) is 15.9. The number of guanidine groups is 1. The first-order chi connectivity index (χ1) is 16.5. The van der Waals surface area contributed by atoms with Gasteiger partial charge in [-0.2, -0.15) is 0 Å². The number of carboxylic acids is 1. The average Bonchev–Trinajstić information content (AvgIpc) is 3.32. The van der Waals surface area contributed by atoms with Gasteiger partial charge in [0, 0.05) is 6.54 Å². The second-order valence-corrected chi connectivity index (χ2v) is 8.60. The van der Waals surface area contributed by atoms with Crippen LogP contribution >= 0.6 is 0 Å². The maximum Gasteiger partial charge on any atom is 0.326 e. The van der Waals surface area contributed by atoms with Crippen molar-refractivity contribution >= 4 is 35.6 Å². The Balaban J connectivity index is 3.00. The van der Waals surface area contributed by atoms with Crippen LogP contribution in [0.25, 0.3) is 0 Å². The van der Waals surface area contributed by atoms with Gasteiger partial charge in [0.05, 0.1) is 12.5 Å². The minimum atomic E-state index is -1.31. The number of nitrogens with two attached hydrogens (primary N) is 3. The fourth-order valence-electron chi connectivity index (χ4n) is 3.57. The van der Waals surface area contributed by atoms with E-state index in [0.29, 0.717) is 19.4 Å². The van der Waals surface area contributed by atoms with Gasteiger partial charge in [0.2, 0.25) is 23.6 Å². The topological polar surface area (TPSA) is 244 Å². The van der Waals surface area contributed by atoms with Gasteiger partial charge in [-0.05, 0) is 38.1 Å². The molecule has 4 amide bonds. The number of carbonyl (C=O) groups excluding carboxylic acids is 4. The zero-order chi connectivity index (χ0) is 26.5. The molecule has 0 saturated carbocycles. The maximum absolute atomic E-state index is 13.0. The van der Waals surface area contributed by atoms with E-state index >= 15 is 0 Å². The number of carbonyl (C=O) groups is 5. The summed E-state index contributed by atoms with van der Waals surface area (Å²) in [6, 6.07) is -4.14. The minimum absolute atomic E-state index is 0.0720. The molecule has 1 heterocycles. The van der Waals surface area contributed by atoms with Gasteiger partial charge in [0.1, 0.15) is 18.1 Å². The van der Waals surface area contributed by atoms with Crippen LogP contribution in [0.15, 0.2) is 4.99 Å². The smallest absolute Gasteiger partial charge is 0.326 e. The molecule has 5 atom stereocenters. The van der Waals surface area contributed by atoms with Gasteiger partial charge < -0.3 is 43.6 Å². The lowest BCUT2D eigenvalue weighted by atomic mass is 9.98. The van der Waals surface area contributed by atoms with Crippen molar-refractivity contribution in [3.05, 3.63) is 0 Å². The third-order valence-corrected chi connectivity index (χ3v) is 5.77. The van der Waals surface area contributed by atoms with E-state index in [9.17, 15) is 29.1 Å². The van der Waals surface area contributed by atoms with Crippen molar-refractivity contribution in [3.8, 4) is 0 Å². The van der Waals surface area contributed by atoms with Gasteiger partial charge in [0.15, 0.2) is 5.96 Å². The van der Waals surface area contributed by atoms with Crippen LogP contribution in [-0.4, -0.2) is 77.9 Å². The number of aliphatic carboxylic acids is 1.